The number of methoxy groups -OCH3 is 1. The van der Waals surface area contributed by atoms with Crippen LogP contribution in [0.15, 0.2) is 36.4 Å². The number of ether oxygens (including phenoxy) is 1. The molecular weight excluding hydrogens is 604 g/mol. The number of imidazole rings is 1. The number of hydrogen-bond acceptors (Lipinski definition) is 7. The van der Waals surface area contributed by atoms with Gasteiger partial charge in [-0.1, -0.05) is 6.07 Å². The first-order valence-corrected chi connectivity index (χ1v) is 18.2. The lowest BCUT2D eigenvalue weighted by Gasteiger charge is -2.27. The van der Waals surface area contributed by atoms with Crippen molar-refractivity contribution in [3.63, 3.8) is 0 Å². The van der Waals surface area contributed by atoms with Gasteiger partial charge in [-0.25, -0.2) is 13.4 Å². The molecule has 244 valence electrons. The summed E-state index contributed by atoms with van der Waals surface area (Å²) in [6, 6.07) is 11.6. The largest absolute Gasteiger partial charge is 0.494 e. The van der Waals surface area contributed by atoms with Crippen LogP contribution in [-0.2, 0) is 23.4 Å². The summed E-state index contributed by atoms with van der Waals surface area (Å²) in [5.74, 6) is 2.32. The molecule has 2 aromatic heterocycles. The molecule has 0 spiro atoms. The topological polar surface area (TPSA) is 142 Å². The first-order chi connectivity index (χ1) is 22.1. The van der Waals surface area contributed by atoms with E-state index in [2.05, 4.69) is 16.0 Å². The van der Waals surface area contributed by atoms with Gasteiger partial charge in [-0.05, 0) is 80.2 Å². The number of nitrogens with one attached hydrogen (secondary N) is 1. The fraction of sp³-hybridized carbons (Fsp3) is 0.500. The average molecular weight is 647 g/mol. The molecule has 3 N–H and O–H groups in total. The molecule has 0 radical (unpaired) electrons. The minimum absolute atomic E-state index is 0. The van der Waals surface area contributed by atoms with E-state index in [0.717, 1.165) is 60.2 Å². The van der Waals surface area contributed by atoms with Crippen LogP contribution >= 0.6 is 0 Å². The maximum absolute atomic E-state index is 13.7. The number of nitrogens with two attached hydrogens (primary N) is 1. The summed E-state index contributed by atoms with van der Waals surface area (Å²) in [5.41, 5.74) is 10.9. The maximum atomic E-state index is 13.7. The van der Waals surface area contributed by atoms with E-state index in [-0.39, 0.29) is 42.7 Å². The average Bonchev–Trinajstić information content (AvgIpc) is 3.24. The van der Waals surface area contributed by atoms with Crippen molar-refractivity contribution >= 4 is 43.6 Å². The van der Waals surface area contributed by atoms with E-state index >= 15 is 0 Å². The predicted molar refractivity (Wildman–Crippen MR) is 178 cm³/mol. The van der Waals surface area contributed by atoms with Crippen LogP contribution in [0.1, 0.15) is 54.2 Å². The van der Waals surface area contributed by atoms with Crippen molar-refractivity contribution in [1.82, 2.24) is 24.3 Å². The smallest absolute Gasteiger partial charge is 0.254 e. The molecule has 2 aromatic carbocycles. The van der Waals surface area contributed by atoms with Crippen molar-refractivity contribution in [3.8, 4) is 17.3 Å². The van der Waals surface area contributed by atoms with Gasteiger partial charge in [0.1, 0.15) is 11.3 Å². The van der Waals surface area contributed by atoms with E-state index in [0.29, 0.717) is 53.7 Å². The molecule has 4 aromatic rings. The molecule has 2 amide bonds. The summed E-state index contributed by atoms with van der Waals surface area (Å²) < 4.78 is 33.8. The van der Waals surface area contributed by atoms with Gasteiger partial charge < -0.3 is 29.8 Å². The van der Waals surface area contributed by atoms with Crippen LogP contribution in [0.3, 0.4) is 0 Å². The number of piperidine rings is 1. The van der Waals surface area contributed by atoms with Crippen LogP contribution in [0.2, 0.25) is 0 Å². The minimum atomic E-state index is -3.00. The van der Waals surface area contributed by atoms with Crippen LogP contribution in [0, 0.1) is 17.8 Å². The highest BCUT2D eigenvalue weighted by atomic mass is 32.2. The summed E-state index contributed by atoms with van der Waals surface area (Å²) >= 11 is 0. The van der Waals surface area contributed by atoms with Gasteiger partial charge in [0.25, 0.3) is 11.8 Å². The van der Waals surface area contributed by atoms with Gasteiger partial charge >= 0.3 is 0 Å². The third kappa shape index (κ3) is 4.97. The standard InChI is InChI=1S/C34H40N6O5S.H2/c1-38-31-25(11-24(14-29(31)45-2)34(42)40-17-23-7-8-26(40)30(23)35)37-32(38)28-12-21-5-6-22(13-27(21)39(28)16-19-3-4-19)33(41)36-15-20-9-10-46(43,44)18-20;/h5-6,11-14,19-20,23,26,30H,3-4,7-10,15-18,35H2,1-2H3,(H,36,41);1H/t20?,23?,26?,30-;/m1./s1. The number of sulfone groups is 1. The highest BCUT2D eigenvalue weighted by Gasteiger charge is 2.47. The van der Waals surface area contributed by atoms with Crippen LogP contribution in [0.25, 0.3) is 33.5 Å². The second kappa shape index (κ2) is 10.8. The van der Waals surface area contributed by atoms with E-state index in [9.17, 15) is 18.0 Å². The van der Waals surface area contributed by atoms with Gasteiger partial charge in [0.05, 0.1) is 29.8 Å². The number of carbonyl (C=O) groups is 2. The van der Waals surface area contributed by atoms with Gasteiger partial charge in [-0.2, -0.15) is 0 Å². The van der Waals surface area contributed by atoms with E-state index in [1.165, 1.54) is 0 Å². The summed E-state index contributed by atoms with van der Waals surface area (Å²) in [7, 11) is 0.585. The summed E-state index contributed by atoms with van der Waals surface area (Å²) in [6.45, 7) is 1.86. The Morgan fingerprint density at radius 2 is 1.89 bits per heavy atom. The molecular formula is C34H42N6O5S. The van der Waals surface area contributed by atoms with Gasteiger partial charge in [0, 0.05) is 62.2 Å². The van der Waals surface area contributed by atoms with Crippen LogP contribution in [0.4, 0.5) is 0 Å². The Kier molecular flexibility index (Phi) is 6.95. The molecule has 3 unspecified atom stereocenters. The number of nitrogens with zero attached hydrogens (tertiary/aromatic N) is 4. The Morgan fingerprint density at radius 3 is 2.57 bits per heavy atom. The first-order valence-electron chi connectivity index (χ1n) is 16.3. The molecule has 4 fully saturated rings. The second-order valence-corrected chi connectivity index (χ2v) is 16.0. The molecule has 2 aliphatic heterocycles. The molecule has 2 aliphatic carbocycles. The van der Waals surface area contributed by atoms with Gasteiger partial charge in [-0.3, -0.25) is 9.59 Å². The first kappa shape index (κ1) is 29.5. The monoisotopic (exact) mass is 646 g/mol. The zero-order valence-corrected chi connectivity index (χ0v) is 27.1. The molecule has 11 nitrogen and oxygen atoms in total. The summed E-state index contributed by atoms with van der Waals surface area (Å²) in [4.78, 5) is 33.9. The molecule has 12 heteroatoms. The van der Waals surface area contributed by atoms with E-state index in [1.807, 2.05) is 46.8 Å². The number of amides is 2. The van der Waals surface area contributed by atoms with Crippen molar-refractivity contribution in [2.24, 2.45) is 30.5 Å². The molecule has 2 saturated heterocycles. The number of benzene rings is 2. The molecule has 4 heterocycles. The van der Waals surface area contributed by atoms with Crippen LogP contribution in [-0.4, -0.2) is 83.0 Å². The van der Waals surface area contributed by atoms with Crippen molar-refractivity contribution in [1.29, 1.82) is 0 Å². The van der Waals surface area contributed by atoms with E-state index < -0.39 is 9.84 Å². The zero-order valence-electron chi connectivity index (χ0n) is 26.2. The normalized spacial score (nSPS) is 25.2. The van der Waals surface area contributed by atoms with Crippen molar-refractivity contribution in [3.05, 3.63) is 47.5 Å². The van der Waals surface area contributed by atoms with Gasteiger partial charge in [-0.15, -0.1) is 0 Å². The zero-order chi connectivity index (χ0) is 31.9. The Bertz CT molecular complexity index is 2020. The van der Waals surface area contributed by atoms with E-state index in [1.54, 1.807) is 7.11 Å². The fourth-order valence-electron chi connectivity index (χ4n) is 7.97. The quantitative estimate of drug-likeness (QED) is 0.298. The number of likely N-dealkylation sites (tertiary alicyclic amines) is 1. The third-order valence-electron chi connectivity index (χ3n) is 10.7. The number of rotatable bonds is 8. The molecule has 4 aliphatic rings. The molecule has 46 heavy (non-hydrogen) atoms. The molecule has 2 bridgehead atoms. The van der Waals surface area contributed by atoms with Crippen molar-refractivity contribution < 1.29 is 24.2 Å². The Morgan fingerprint density at radius 1 is 1.07 bits per heavy atom. The lowest BCUT2D eigenvalue weighted by molar-refractivity contribution is 0.0700. The predicted octanol–water partition coefficient (Wildman–Crippen LogP) is 3.59. The highest BCUT2D eigenvalue weighted by Crippen LogP contribution is 2.40. The van der Waals surface area contributed by atoms with Crippen molar-refractivity contribution in [2.45, 2.75) is 50.7 Å². The SMILES string of the molecule is COc1cc(C(=O)N2CC3CCC2[C@@H]3N)cc2nc(-c3cc4ccc(C(=O)NCC5CCS(=O)(=O)C5)cc4n3CC3CC3)n(C)c12.[HH]. The van der Waals surface area contributed by atoms with Gasteiger partial charge in [0.2, 0.25) is 0 Å². The number of aromatic nitrogens is 3. The number of aryl methyl sites for hydroxylation is 1. The molecule has 4 atom stereocenters. The maximum Gasteiger partial charge on any atom is 0.254 e. The van der Waals surface area contributed by atoms with Crippen molar-refractivity contribution in [2.75, 3.05) is 31.7 Å². The van der Waals surface area contributed by atoms with Crippen LogP contribution in [0.5, 0.6) is 5.75 Å². The lowest BCUT2D eigenvalue weighted by atomic mass is 10.1. The second-order valence-electron chi connectivity index (χ2n) is 13.8. The fourth-order valence-corrected chi connectivity index (χ4v) is 9.84. The number of carbonyl (C=O) groups excluding carboxylic acids is 2. The third-order valence-corrected chi connectivity index (χ3v) is 12.6. The van der Waals surface area contributed by atoms with E-state index in [4.69, 9.17) is 15.5 Å². The summed E-state index contributed by atoms with van der Waals surface area (Å²) in [6.07, 6.45) is 4.93. The van der Waals surface area contributed by atoms with Crippen LogP contribution < -0.4 is 15.8 Å². The highest BCUT2D eigenvalue weighted by molar-refractivity contribution is 7.91. The minimum Gasteiger partial charge on any atom is -0.494 e. The summed E-state index contributed by atoms with van der Waals surface area (Å²) in [5, 5.41) is 3.96. The van der Waals surface area contributed by atoms with Gasteiger partial charge in [0.15, 0.2) is 15.7 Å². The molecule has 2 saturated carbocycles. The molecule has 8 rings (SSSR count). The Labute approximate surface area is 269 Å². The number of fused-ring (bicyclic) bond motifs is 4. The number of hydrogen-bond donors (Lipinski definition) is 2. The Balaban J connectivity index is 0.00000351. The lowest BCUT2D eigenvalue weighted by Crippen LogP contribution is -2.41. The Hall–Kier alpha value is -3.90.